The van der Waals surface area contributed by atoms with E-state index in [1.54, 1.807) is 7.05 Å². The van der Waals surface area contributed by atoms with Gasteiger partial charge in [-0.3, -0.25) is 9.59 Å². The average molecular weight is 342 g/mol. The van der Waals surface area contributed by atoms with Gasteiger partial charge in [0.05, 0.1) is 5.69 Å². The van der Waals surface area contributed by atoms with Gasteiger partial charge in [0.2, 0.25) is 0 Å². The number of hydrogen-bond acceptors (Lipinski definition) is 3. The van der Waals surface area contributed by atoms with E-state index >= 15 is 0 Å². The Balaban J connectivity index is 2.02. The lowest BCUT2D eigenvalue weighted by molar-refractivity contribution is -0.145. The van der Waals surface area contributed by atoms with Gasteiger partial charge in [-0.15, -0.1) is 0 Å². The number of nitrogens with one attached hydrogen (secondary N) is 1. The first-order chi connectivity index (χ1) is 10.8. The number of hydrogen-bond donors (Lipinski definition) is 1. The van der Waals surface area contributed by atoms with Crippen LogP contribution in [-0.2, 0) is 9.59 Å². The quantitative estimate of drug-likeness (QED) is 0.839. The maximum atomic E-state index is 13.7. The van der Waals surface area contributed by atoms with E-state index in [2.05, 4.69) is 17.1 Å². The summed E-state index contributed by atoms with van der Waals surface area (Å²) in [6, 6.07) is 3.87. The maximum absolute atomic E-state index is 13.7. The molecule has 0 spiro atoms. The zero-order chi connectivity index (χ0) is 17.1. The number of rotatable bonds is 2. The fourth-order valence-corrected chi connectivity index (χ4v) is 3.15. The van der Waals surface area contributed by atoms with Gasteiger partial charge in [0.15, 0.2) is 0 Å². The van der Waals surface area contributed by atoms with Crippen LogP contribution in [0.15, 0.2) is 18.2 Å². The van der Waals surface area contributed by atoms with Crippen molar-refractivity contribution in [1.29, 1.82) is 0 Å². The number of piperidine rings is 1. The van der Waals surface area contributed by atoms with Crippen molar-refractivity contribution in [2.75, 3.05) is 32.5 Å². The van der Waals surface area contributed by atoms with E-state index in [0.29, 0.717) is 0 Å². The third kappa shape index (κ3) is 4.20. The molecule has 1 fully saturated rings. The third-order valence-electron chi connectivity index (χ3n) is 4.25. The molecule has 1 N–H and O–H groups in total. The van der Waals surface area contributed by atoms with Crippen molar-refractivity contribution in [1.82, 2.24) is 9.80 Å². The second kappa shape index (κ2) is 7.27. The van der Waals surface area contributed by atoms with E-state index in [-0.39, 0.29) is 22.7 Å². The summed E-state index contributed by atoms with van der Waals surface area (Å²) in [4.78, 5) is 28.1. The molecular formula is C16H21ClFN3O2. The van der Waals surface area contributed by atoms with Crippen LogP contribution in [0.2, 0.25) is 5.02 Å². The summed E-state index contributed by atoms with van der Waals surface area (Å²) >= 11 is 5.66. The minimum absolute atomic E-state index is 0.000449. The molecule has 7 heteroatoms. The molecule has 0 aromatic heterocycles. The molecular weight excluding hydrogens is 321 g/mol. The zero-order valence-corrected chi connectivity index (χ0v) is 14.2. The summed E-state index contributed by atoms with van der Waals surface area (Å²) in [6.07, 6.45) is 0.808. The molecule has 2 atom stereocenters. The Bertz CT molecular complexity index is 611. The Hall–Kier alpha value is -1.66. The molecule has 0 saturated carbocycles. The number of carbonyl (C=O) groups excluding carboxylic acids is 2. The Kier molecular flexibility index (Phi) is 5.59. The van der Waals surface area contributed by atoms with Crippen molar-refractivity contribution in [2.24, 2.45) is 5.92 Å². The zero-order valence-electron chi connectivity index (χ0n) is 13.5. The predicted molar refractivity (Wildman–Crippen MR) is 87.9 cm³/mol. The number of carbonyl (C=O) groups is 2. The van der Waals surface area contributed by atoms with E-state index in [0.717, 1.165) is 25.6 Å². The molecule has 1 aromatic carbocycles. The van der Waals surface area contributed by atoms with Gasteiger partial charge in [-0.05, 0) is 44.1 Å². The van der Waals surface area contributed by atoms with Gasteiger partial charge in [-0.2, -0.15) is 0 Å². The second-order valence-corrected chi connectivity index (χ2v) is 6.53. The maximum Gasteiger partial charge on any atom is 0.313 e. The van der Waals surface area contributed by atoms with Crippen LogP contribution in [0.3, 0.4) is 0 Å². The van der Waals surface area contributed by atoms with Gasteiger partial charge in [0.25, 0.3) is 0 Å². The molecule has 1 aliphatic rings. The van der Waals surface area contributed by atoms with E-state index in [4.69, 9.17) is 11.6 Å². The molecule has 0 unspecified atom stereocenters. The number of likely N-dealkylation sites (tertiary alicyclic amines) is 1. The molecule has 1 aromatic rings. The first kappa shape index (κ1) is 17.7. The second-order valence-electron chi connectivity index (χ2n) is 6.09. The fourth-order valence-electron chi connectivity index (χ4n) is 2.99. The number of anilines is 1. The Morgan fingerprint density at radius 3 is 2.74 bits per heavy atom. The molecule has 1 aliphatic heterocycles. The number of halogens is 2. The van der Waals surface area contributed by atoms with Crippen molar-refractivity contribution in [2.45, 2.75) is 19.4 Å². The van der Waals surface area contributed by atoms with Crippen molar-refractivity contribution in [3.8, 4) is 0 Å². The first-order valence-corrected chi connectivity index (χ1v) is 7.89. The molecule has 0 bridgehead atoms. The molecule has 2 amide bonds. The highest BCUT2D eigenvalue weighted by molar-refractivity contribution is 6.39. The molecule has 23 heavy (non-hydrogen) atoms. The Morgan fingerprint density at radius 1 is 1.43 bits per heavy atom. The van der Waals surface area contributed by atoms with Crippen molar-refractivity contribution in [3.63, 3.8) is 0 Å². The van der Waals surface area contributed by atoms with Crippen LogP contribution in [0.4, 0.5) is 10.1 Å². The SMILES string of the molecule is C[C@@H]1CN(C)CC[C@@H]1N(C)C(=O)C(=O)Nc1ccc(Cl)cc1F. The highest BCUT2D eigenvalue weighted by Crippen LogP contribution is 2.22. The first-order valence-electron chi connectivity index (χ1n) is 7.51. The summed E-state index contributed by atoms with van der Waals surface area (Å²) in [5.74, 6) is -1.92. The monoisotopic (exact) mass is 341 g/mol. The van der Waals surface area contributed by atoms with Gasteiger partial charge in [0.1, 0.15) is 5.82 Å². The van der Waals surface area contributed by atoms with Crippen LogP contribution in [-0.4, -0.2) is 54.8 Å². The smallest absolute Gasteiger partial charge is 0.313 e. The number of nitrogens with zero attached hydrogens (tertiary/aromatic N) is 2. The molecule has 0 radical (unpaired) electrons. The van der Waals surface area contributed by atoms with E-state index in [1.807, 2.05) is 7.05 Å². The standard InChI is InChI=1S/C16H21ClFN3O2/c1-10-9-20(2)7-6-14(10)21(3)16(23)15(22)19-13-5-4-11(17)8-12(13)18/h4-5,8,10,14H,6-7,9H2,1-3H3,(H,19,22)/t10-,14+/m1/s1. The van der Waals surface area contributed by atoms with E-state index in [1.165, 1.54) is 17.0 Å². The van der Waals surface area contributed by atoms with Crippen LogP contribution in [0.25, 0.3) is 0 Å². The Morgan fingerprint density at radius 2 is 2.13 bits per heavy atom. The number of likely N-dealkylation sites (N-methyl/N-ethyl adjacent to an activating group) is 1. The lowest BCUT2D eigenvalue weighted by atomic mass is 9.93. The van der Waals surface area contributed by atoms with Gasteiger partial charge in [0, 0.05) is 24.7 Å². The van der Waals surface area contributed by atoms with Gasteiger partial charge >= 0.3 is 11.8 Å². The van der Waals surface area contributed by atoms with Crippen LogP contribution < -0.4 is 5.32 Å². The minimum Gasteiger partial charge on any atom is -0.334 e. The summed E-state index contributed by atoms with van der Waals surface area (Å²) in [7, 11) is 3.65. The van der Waals surface area contributed by atoms with E-state index < -0.39 is 17.6 Å². The summed E-state index contributed by atoms with van der Waals surface area (Å²) < 4.78 is 13.7. The van der Waals surface area contributed by atoms with Gasteiger partial charge in [-0.1, -0.05) is 18.5 Å². The van der Waals surface area contributed by atoms with Gasteiger partial charge < -0.3 is 15.1 Å². The topological polar surface area (TPSA) is 52.7 Å². The lowest BCUT2D eigenvalue weighted by Gasteiger charge is -2.39. The molecule has 2 rings (SSSR count). The van der Waals surface area contributed by atoms with Crippen LogP contribution in [0.5, 0.6) is 0 Å². The van der Waals surface area contributed by atoms with E-state index in [9.17, 15) is 14.0 Å². The van der Waals surface area contributed by atoms with Crippen LogP contribution in [0, 0.1) is 11.7 Å². The van der Waals surface area contributed by atoms with Crippen LogP contribution >= 0.6 is 11.6 Å². The highest BCUT2D eigenvalue weighted by Gasteiger charge is 2.32. The van der Waals surface area contributed by atoms with Crippen LogP contribution in [0.1, 0.15) is 13.3 Å². The normalized spacial score (nSPS) is 21.8. The molecule has 0 aliphatic carbocycles. The highest BCUT2D eigenvalue weighted by atomic mass is 35.5. The fraction of sp³-hybridized carbons (Fsp3) is 0.500. The average Bonchev–Trinajstić information content (AvgIpc) is 2.48. The summed E-state index contributed by atoms with van der Waals surface area (Å²) in [5.41, 5.74) is -0.0578. The van der Waals surface area contributed by atoms with Crippen molar-refractivity contribution >= 4 is 29.1 Å². The predicted octanol–water partition coefficient (Wildman–Crippen LogP) is 2.22. The largest absolute Gasteiger partial charge is 0.334 e. The molecule has 5 nitrogen and oxygen atoms in total. The lowest BCUT2D eigenvalue weighted by Crippen LogP contribution is -2.52. The number of amides is 2. The third-order valence-corrected chi connectivity index (χ3v) is 4.49. The molecule has 1 heterocycles. The Labute approximate surface area is 140 Å². The molecule has 1 saturated heterocycles. The summed E-state index contributed by atoms with van der Waals surface area (Å²) in [6.45, 7) is 3.80. The minimum atomic E-state index is -0.847. The summed E-state index contributed by atoms with van der Waals surface area (Å²) in [5, 5.41) is 2.53. The molecule has 126 valence electrons. The van der Waals surface area contributed by atoms with Gasteiger partial charge in [-0.25, -0.2) is 4.39 Å². The van der Waals surface area contributed by atoms with Crippen molar-refractivity contribution in [3.05, 3.63) is 29.0 Å². The number of benzene rings is 1. The van der Waals surface area contributed by atoms with Crippen molar-refractivity contribution < 1.29 is 14.0 Å².